The van der Waals surface area contributed by atoms with Crippen LogP contribution in [-0.2, 0) is 14.8 Å². The molecule has 0 spiro atoms. The van der Waals surface area contributed by atoms with Crippen molar-refractivity contribution < 1.29 is 13.2 Å². The summed E-state index contributed by atoms with van der Waals surface area (Å²) in [5.41, 5.74) is 3.11. The maximum absolute atomic E-state index is 12.2. The topological polar surface area (TPSA) is 88.2 Å². The number of anilines is 2. The van der Waals surface area contributed by atoms with Crippen molar-refractivity contribution in [2.24, 2.45) is 0 Å². The fraction of sp³-hybridized carbons (Fsp3) is 0.222. The Morgan fingerprint density at radius 1 is 1.22 bits per heavy atom. The van der Waals surface area contributed by atoms with E-state index in [1.165, 1.54) is 23.1 Å². The maximum atomic E-state index is 12.2. The third-order valence-electron chi connectivity index (χ3n) is 3.77. The number of thiazole rings is 1. The SMILES string of the molecule is CCS(=O)(=O)Nc1ccc2nc(SCC(=O)Nc3ccccc3C)sc2c1. The van der Waals surface area contributed by atoms with Crippen LogP contribution in [0.25, 0.3) is 10.2 Å². The number of nitrogens with one attached hydrogen (secondary N) is 2. The minimum absolute atomic E-state index is 0.0187. The summed E-state index contributed by atoms with van der Waals surface area (Å²) in [5.74, 6) is 0.179. The molecule has 142 valence electrons. The van der Waals surface area contributed by atoms with Gasteiger partial charge in [-0.3, -0.25) is 9.52 Å². The van der Waals surface area contributed by atoms with Gasteiger partial charge in [0.2, 0.25) is 15.9 Å². The second-order valence-electron chi connectivity index (χ2n) is 5.82. The molecular weight excluding hydrogens is 402 g/mol. The van der Waals surface area contributed by atoms with Crippen LogP contribution in [0.4, 0.5) is 11.4 Å². The van der Waals surface area contributed by atoms with Crippen molar-refractivity contribution in [2.75, 3.05) is 21.5 Å². The molecule has 3 rings (SSSR count). The van der Waals surface area contributed by atoms with Gasteiger partial charge in [0.1, 0.15) is 0 Å². The van der Waals surface area contributed by atoms with Gasteiger partial charge in [-0.2, -0.15) is 0 Å². The molecule has 27 heavy (non-hydrogen) atoms. The van der Waals surface area contributed by atoms with Crippen molar-refractivity contribution in [2.45, 2.75) is 18.2 Å². The number of carbonyl (C=O) groups is 1. The van der Waals surface area contributed by atoms with Crippen LogP contribution in [-0.4, -0.2) is 30.8 Å². The number of para-hydroxylation sites is 1. The number of benzene rings is 2. The monoisotopic (exact) mass is 421 g/mol. The molecule has 0 bridgehead atoms. The summed E-state index contributed by atoms with van der Waals surface area (Å²) in [6, 6.07) is 12.8. The van der Waals surface area contributed by atoms with E-state index in [9.17, 15) is 13.2 Å². The van der Waals surface area contributed by atoms with Crippen LogP contribution < -0.4 is 10.0 Å². The number of rotatable bonds is 7. The van der Waals surface area contributed by atoms with Gasteiger partial charge >= 0.3 is 0 Å². The number of aromatic nitrogens is 1. The van der Waals surface area contributed by atoms with Crippen LogP contribution in [0.3, 0.4) is 0 Å². The Labute approximate surface area is 166 Å². The number of hydrogen-bond donors (Lipinski definition) is 2. The van der Waals surface area contributed by atoms with E-state index in [4.69, 9.17) is 0 Å². The number of thioether (sulfide) groups is 1. The third-order valence-corrected chi connectivity index (χ3v) is 7.24. The van der Waals surface area contributed by atoms with Crippen LogP contribution >= 0.6 is 23.1 Å². The van der Waals surface area contributed by atoms with Crippen molar-refractivity contribution in [1.29, 1.82) is 0 Å². The van der Waals surface area contributed by atoms with Crippen LogP contribution in [0, 0.1) is 6.92 Å². The number of nitrogens with zero attached hydrogens (tertiary/aromatic N) is 1. The average Bonchev–Trinajstić information content (AvgIpc) is 3.04. The number of aryl methyl sites for hydroxylation is 1. The van der Waals surface area contributed by atoms with Crippen molar-refractivity contribution in [3.63, 3.8) is 0 Å². The van der Waals surface area contributed by atoms with Gasteiger partial charge in [-0.1, -0.05) is 30.0 Å². The number of sulfonamides is 1. The molecule has 1 heterocycles. The molecule has 2 aromatic carbocycles. The summed E-state index contributed by atoms with van der Waals surface area (Å²) < 4.78 is 27.5. The van der Waals surface area contributed by atoms with Gasteiger partial charge in [-0.15, -0.1) is 11.3 Å². The molecule has 3 aromatic rings. The van der Waals surface area contributed by atoms with Gasteiger partial charge in [0.15, 0.2) is 4.34 Å². The lowest BCUT2D eigenvalue weighted by atomic mass is 10.2. The van der Waals surface area contributed by atoms with E-state index < -0.39 is 10.0 Å². The Morgan fingerprint density at radius 3 is 2.74 bits per heavy atom. The van der Waals surface area contributed by atoms with Gasteiger partial charge in [-0.25, -0.2) is 13.4 Å². The zero-order chi connectivity index (χ0) is 19.4. The second kappa shape index (κ2) is 8.28. The number of hydrogen-bond acceptors (Lipinski definition) is 6. The zero-order valence-corrected chi connectivity index (χ0v) is 17.3. The molecule has 0 aliphatic rings. The first-order chi connectivity index (χ1) is 12.9. The van der Waals surface area contributed by atoms with E-state index in [2.05, 4.69) is 15.0 Å². The summed E-state index contributed by atoms with van der Waals surface area (Å²) in [7, 11) is -3.31. The molecule has 1 amide bonds. The lowest BCUT2D eigenvalue weighted by Crippen LogP contribution is -2.14. The Morgan fingerprint density at radius 2 is 2.00 bits per heavy atom. The van der Waals surface area contributed by atoms with E-state index >= 15 is 0 Å². The average molecular weight is 422 g/mol. The first-order valence-corrected chi connectivity index (χ1v) is 11.7. The molecule has 0 atom stereocenters. The van der Waals surface area contributed by atoms with E-state index in [0.717, 1.165) is 25.8 Å². The number of fused-ring (bicyclic) bond motifs is 1. The summed E-state index contributed by atoms with van der Waals surface area (Å²) >= 11 is 2.79. The first kappa shape index (κ1) is 19.7. The summed E-state index contributed by atoms with van der Waals surface area (Å²) in [5, 5.41) is 2.90. The molecule has 6 nitrogen and oxygen atoms in total. The smallest absolute Gasteiger partial charge is 0.234 e. The van der Waals surface area contributed by atoms with Gasteiger partial charge in [0.05, 0.1) is 27.4 Å². The predicted octanol–water partition coefficient (Wildman–Crippen LogP) is 4.10. The van der Waals surface area contributed by atoms with E-state index in [1.54, 1.807) is 25.1 Å². The molecule has 0 fully saturated rings. The summed E-state index contributed by atoms with van der Waals surface area (Å²) in [4.78, 5) is 16.7. The first-order valence-electron chi connectivity index (χ1n) is 8.25. The van der Waals surface area contributed by atoms with Crippen LogP contribution in [0.2, 0.25) is 0 Å². The van der Waals surface area contributed by atoms with Gasteiger partial charge < -0.3 is 5.32 Å². The molecule has 1 aromatic heterocycles. The summed E-state index contributed by atoms with van der Waals surface area (Å²) in [6.07, 6.45) is 0. The highest BCUT2D eigenvalue weighted by molar-refractivity contribution is 8.01. The highest BCUT2D eigenvalue weighted by Crippen LogP contribution is 2.31. The largest absolute Gasteiger partial charge is 0.325 e. The molecule has 0 aliphatic carbocycles. The highest BCUT2D eigenvalue weighted by atomic mass is 32.2. The van der Waals surface area contributed by atoms with E-state index in [1.807, 2.05) is 31.2 Å². The van der Waals surface area contributed by atoms with Crippen molar-refractivity contribution in [3.8, 4) is 0 Å². The van der Waals surface area contributed by atoms with Gasteiger partial charge in [0.25, 0.3) is 0 Å². The number of carbonyl (C=O) groups excluding carboxylic acids is 1. The van der Waals surface area contributed by atoms with Crippen molar-refractivity contribution in [1.82, 2.24) is 4.98 Å². The molecule has 2 N–H and O–H groups in total. The molecule has 0 unspecified atom stereocenters. The standard InChI is InChI=1S/C18H19N3O3S3/c1-3-27(23,24)21-13-8-9-15-16(10-13)26-18(20-15)25-11-17(22)19-14-7-5-4-6-12(14)2/h4-10,21H,3,11H2,1-2H3,(H,19,22). The predicted molar refractivity (Wildman–Crippen MR) is 113 cm³/mol. The fourth-order valence-corrected chi connectivity index (χ4v) is 4.85. The van der Waals surface area contributed by atoms with E-state index in [0.29, 0.717) is 5.69 Å². The quantitative estimate of drug-likeness (QED) is 0.561. The Kier molecular flexibility index (Phi) is 6.03. The third kappa shape index (κ3) is 5.21. The maximum Gasteiger partial charge on any atom is 0.234 e. The van der Waals surface area contributed by atoms with Crippen LogP contribution in [0.5, 0.6) is 0 Å². The van der Waals surface area contributed by atoms with Crippen LogP contribution in [0.1, 0.15) is 12.5 Å². The fourth-order valence-electron chi connectivity index (χ4n) is 2.31. The molecular formula is C18H19N3O3S3. The van der Waals surface area contributed by atoms with Crippen molar-refractivity contribution in [3.05, 3.63) is 48.0 Å². The molecule has 0 saturated heterocycles. The van der Waals surface area contributed by atoms with Gasteiger partial charge in [-0.05, 0) is 43.7 Å². The van der Waals surface area contributed by atoms with Crippen molar-refractivity contribution >= 4 is 60.6 Å². The normalized spacial score (nSPS) is 11.5. The molecule has 0 aliphatic heterocycles. The van der Waals surface area contributed by atoms with Crippen LogP contribution in [0.15, 0.2) is 46.8 Å². The Hall–Kier alpha value is -2.10. The Balaban J connectivity index is 1.65. The lowest BCUT2D eigenvalue weighted by Gasteiger charge is -2.06. The minimum Gasteiger partial charge on any atom is -0.325 e. The molecule has 9 heteroatoms. The highest BCUT2D eigenvalue weighted by Gasteiger charge is 2.11. The Bertz CT molecular complexity index is 1080. The number of amides is 1. The molecule has 0 saturated carbocycles. The lowest BCUT2D eigenvalue weighted by molar-refractivity contribution is -0.113. The summed E-state index contributed by atoms with van der Waals surface area (Å²) in [6.45, 7) is 3.53. The second-order valence-corrected chi connectivity index (χ2v) is 10.1. The molecule has 0 radical (unpaired) electrons. The van der Waals surface area contributed by atoms with Gasteiger partial charge in [0, 0.05) is 5.69 Å². The van der Waals surface area contributed by atoms with E-state index in [-0.39, 0.29) is 17.4 Å². The zero-order valence-electron chi connectivity index (χ0n) is 14.9. The minimum atomic E-state index is -3.31.